The van der Waals surface area contributed by atoms with Crippen molar-refractivity contribution in [3.8, 4) is 22.3 Å². The summed E-state index contributed by atoms with van der Waals surface area (Å²) < 4.78 is 0. The molecule has 0 bridgehead atoms. The van der Waals surface area contributed by atoms with Crippen molar-refractivity contribution < 1.29 is 0 Å². The van der Waals surface area contributed by atoms with Crippen LogP contribution < -0.4 is 9.80 Å². The van der Waals surface area contributed by atoms with E-state index in [0.29, 0.717) is 0 Å². The lowest BCUT2D eigenvalue weighted by Crippen LogP contribution is -2.09. The zero-order valence-electron chi connectivity index (χ0n) is 31.5. The SMILES string of the molecule is Cc1cccc(N(c2ccccc2)c2ccc(-c3ccc4ccc5c(-c6ccc(N(c7ccccc7)c7cccc(C)c7)cc6)ccc6ccc3c4c65)cc2)c1. The minimum absolute atomic E-state index is 1.13. The molecule has 2 heteroatoms. The molecule has 0 aromatic heterocycles. The van der Waals surface area contributed by atoms with Crippen LogP contribution in [0.5, 0.6) is 0 Å². The highest BCUT2D eigenvalue weighted by atomic mass is 15.1. The van der Waals surface area contributed by atoms with Crippen molar-refractivity contribution in [3.63, 3.8) is 0 Å². The summed E-state index contributed by atoms with van der Waals surface area (Å²) >= 11 is 0. The number of benzene rings is 10. The molecule has 0 atom stereocenters. The summed E-state index contributed by atoms with van der Waals surface area (Å²) in [6.45, 7) is 4.30. The Balaban J connectivity index is 1.05. The quantitative estimate of drug-likeness (QED) is 0.144. The third-order valence-electron chi connectivity index (χ3n) is 11.1. The van der Waals surface area contributed by atoms with Gasteiger partial charge in [-0.3, -0.25) is 0 Å². The van der Waals surface area contributed by atoms with Gasteiger partial charge < -0.3 is 9.80 Å². The lowest BCUT2D eigenvalue weighted by molar-refractivity contribution is 1.27. The topological polar surface area (TPSA) is 6.48 Å². The summed E-state index contributed by atoms with van der Waals surface area (Å²) in [5.74, 6) is 0. The van der Waals surface area contributed by atoms with Gasteiger partial charge in [0.15, 0.2) is 0 Å². The smallest absolute Gasteiger partial charge is 0.0464 e. The van der Waals surface area contributed by atoms with E-state index in [4.69, 9.17) is 0 Å². The monoisotopic (exact) mass is 716 g/mol. The van der Waals surface area contributed by atoms with Crippen LogP contribution in [0.15, 0.2) is 206 Å². The Hall–Kier alpha value is -7.16. The molecule has 0 saturated heterocycles. The molecule has 0 radical (unpaired) electrons. The van der Waals surface area contributed by atoms with Crippen LogP contribution >= 0.6 is 0 Å². The van der Waals surface area contributed by atoms with Gasteiger partial charge in [-0.15, -0.1) is 0 Å². The average molecular weight is 717 g/mol. The van der Waals surface area contributed by atoms with Gasteiger partial charge in [-0.2, -0.15) is 0 Å². The Labute approximate surface area is 328 Å². The molecule has 0 heterocycles. The molecule has 0 saturated carbocycles. The van der Waals surface area contributed by atoms with Crippen molar-refractivity contribution in [3.05, 3.63) is 217 Å². The Bertz CT molecular complexity index is 2760. The van der Waals surface area contributed by atoms with Crippen LogP contribution in [0.1, 0.15) is 11.1 Å². The maximum Gasteiger partial charge on any atom is 0.0464 e. The number of hydrogen-bond acceptors (Lipinski definition) is 2. The van der Waals surface area contributed by atoms with Crippen LogP contribution in [0.25, 0.3) is 54.6 Å². The molecule has 0 amide bonds. The number of rotatable bonds is 8. The van der Waals surface area contributed by atoms with E-state index in [-0.39, 0.29) is 0 Å². The number of nitrogens with zero attached hydrogens (tertiary/aromatic N) is 2. The van der Waals surface area contributed by atoms with E-state index in [0.717, 1.165) is 34.1 Å². The van der Waals surface area contributed by atoms with Gasteiger partial charge in [0.2, 0.25) is 0 Å². The number of para-hydroxylation sites is 2. The predicted molar refractivity (Wildman–Crippen MR) is 240 cm³/mol. The molecule has 2 nitrogen and oxygen atoms in total. The first-order valence-corrected chi connectivity index (χ1v) is 19.3. The normalized spacial score (nSPS) is 11.4. The molecule has 56 heavy (non-hydrogen) atoms. The van der Waals surface area contributed by atoms with E-state index in [1.165, 1.54) is 65.7 Å². The second kappa shape index (κ2) is 13.9. The maximum absolute atomic E-state index is 2.33. The second-order valence-electron chi connectivity index (χ2n) is 14.8. The first-order valence-electron chi connectivity index (χ1n) is 19.3. The van der Waals surface area contributed by atoms with Crippen LogP contribution in [0.3, 0.4) is 0 Å². The summed E-state index contributed by atoms with van der Waals surface area (Å²) in [6, 6.07) is 75.1. The number of anilines is 6. The van der Waals surface area contributed by atoms with Gasteiger partial charge >= 0.3 is 0 Å². The zero-order valence-corrected chi connectivity index (χ0v) is 31.5. The molecule has 10 aromatic rings. The molecule has 0 unspecified atom stereocenters. The van der Waals surface area contributed by atoms with Crippen LogP contribution in [0.4, 0.5) is 34.1 Å². The van der Waals surface area contributed by atoms with Gasteiger partial charge in [0, 0.05) is 34.1 Å². The average Bonchev–Trinajstić information content (AvgIpc) is 3.24. The molecule has 0 aliphatic carbocycles. The summed E-state index contributed by atoms with van der Waals surface area (Å²) in [6.07, 6.45) is 0. The largest absolute Gasteiger partial charge is 0.310 e. The Morgan fingerprint density at radius 3 is 1.04 bits per heavy atom. The van der Waals surface area contributed by atoms with Crippen molar-refractivity contribution in [1.29, 1.82) is 0 Å². The fourth-order valence-corrected chi connectivity index (χ4v) is 8.47. The molecule has 0 N–H and O–H groups in total. The first-order chi connectivity index (χ1) is 27.6. The Morgan fingerprint density at radius 2 is 0.643 bits per heavy atom. The number of aryl methyl sites for hydroxylation is 2. The highest BCUT2D eigenvalue weighted by Gasteiger charge is 2.18. The molecule has 0 fully saturated rings. The van der Waals surface area contributed by atoms with Gasteiger partial charge in [-0.25, -0.2) is 0 Å². The summed E-state index contributed by atoms with van der Waals surface area (Å²) in [5.41, 5.74) is 14.2. The first kappa shape index (κ1) is 33.4. The van der Waals surface area contributed by atoms with Crippen molar-refractivity contribution in [2.45, 2.75) is 13.8 Å². The van der Waals surface area contributed by atoms with Gasteiger partial charge in [-0.1, -0.05) is 133 Å². The fourth-order valence-electron chi connectivity index (χ4n) is 8.47. The zero-order chi connectivity index (χ0) is 37.6. The number of hydrogen-bond donors (Lipinski definition) is 0. The van der Waals surface area contributed by atoms with Gasteiger partial charge in [-0.05, 0) is 152 Å². The third kappa shape index (κ3) is 5.93. The Morgan fingerprint density at radius 1 is 0.286 bits per heavy atom. The van der Waals surface area contributed by atoms with Crippen molar-refractivity contribution in [1.82, 2.24) is 0 Å². The van der Waals surface area contributed by atoms with Gasteiger partial charge in [0.05, 0.1) is 0 Å². The molecule has 10 rings (SSSR count). The maximum atomic E-state index is 2.33. The van der Waals surface area contributed by atoms with Crippen molar-refractivity contribution >= 4 is 66.4 Å². The van der Waals surface area contributed by atoms with E-state index in [1.54, 1.807) is 0 Å². The molecule has 0 aliphatic rings. The fraction of sp³-hybridized carbons (Fsp3) is 0.0370. The summed E-state index contributed by atoms with van der Waals surface area (Å²) in [4.78, 5) is 4.66. The molecule has 0 spiro atoms. The molecule has 10 aromatic carbocycles. The molecular formula is C54H40N2. The van der Waals surface area contributed by atoms with Crippen LogP contribution in [-0.4, -0.2) is 0 Å². The second-order valence-corrected chi connectivity index (χ2v) is 14.8. The van der Waals surface area contributed by atoms with Crippen LogP contribution in [-0.2, 0) is 0 Å². The highest BCUT2D eigenvalue weighted by molar-refractivity contribution is 6.27. The van der Waals surface area contributed by atoms with Crippen molar-refractivity contribution in [2.24, 2.45) is 0 Å². The van der Waals surface area contributed by atoms with E-state index >= 15 is 0 Å². The molecule has 0 aliphatic heterocycles. The van der Waals surface area contributed by atoms with Gasteiger partial charge in [0.25, 0.3) is 0 Å². The summed E-state index contributed by atoms with van der Waals surface area (Å²) in [5, 5.41) is 7.71. The lowest BCUT2D eigenvalue weighted by Gasteiger charge is -2.26. The lowest BCUT2D eigenvalue weighted by atomic mass is 9.87. The van der Waals surface area contributed by atoms with E-state index in [1.807, 2.05) is 0 Å². The van der Waals surface area contributed by atoms with Crippen LogP contribution in [0, 0.1) is 13.8 Å². The van der Waals surface area contributed by atoms with Crippen LogP contribution in [0.2, 0.25) is 0 Å². The van der Waals surface area contributed by atoms with Crippen molar-refractivity contribution in [2.75, 3.05) is 9.80 Å². The van der Waals surface area contributed by atoms with Gasteiger partial charge in [0.1, 0.15) is 0 Å². The summed E-state index contributed by atoms with van der Waals surface area (Å²) in [7, 11) is 0. The molecule has 266 valence electrons. The van der Waals surface area contributed by atoms with E-state index in [9.17, 15) is 0 Å². The molecular weight excluding hydrogens is 677 g/mol. The standard InChI is InChI=1S/C54H40N2/c1-37-11-9-17-47(35-37)55(43-13-5-3-6-14-43)45-27-19-39(20-28-45)49-31-23-41-26-34-52-50(32-24-42-25-33-51(49)53(41)54(42)52)40-21-29-46(30-22-40)56(44-15-7-4-8-16-44)48-18-10-12-38(2)36-48/h3-36H,1-2H3. The minimum Gasteiger partial charge on any atom is -0.310 e. The third-order valence-corrected chi connectivity index (χ3v) is 11.1. The van der Waals surface area contributed by atoms with E-state index < -0.39 is 0 Å². The predicted octanol–water partition coefficient (Wildman–Crippen LogP) is 15.5. The minimum atomic E-state index is 1.13. The van der Waals surface area contributed by atoms with E-state index in [2.05, 4.69) is 230 Å². The Kier molecular flexibility index (Phi) is 8.30. The highest BCUT2D eigenvalue weighted by Crippen LogP contribution is 2.44.